The highest BCUT2D eigenvalue weighted by molar-refractivity contribution is 8.76. The molecule has 4 heterocycles. The molecular formula is C39H41N3O12S2. The van der Waals surface area contributed by atoms with E-state index in [9.17, 15) is 34.5 Å². The Morgan fingerprint density at radius 1 is 1.07 bits per heavy atom. The Hall–Kier alpha value is -3.91. The van der Waals surface area contributed by atoms with Gasteiger partial charge in [0, 0.05) is 74.0 Å². The summed E-state index contributed by atoms with van der Waals surface area (Å²) in [5.74, 6) is -3.42. The van der Waals surface area contributed by atoms with Crippen molar-refractivity contribution in [3.05, 3.63) is 76.0 Å². The summed E-state index contributed by atoms with van der Waals surface area (Å²) in [6.07, 6.45) is -2.74. The monoisotopic (exact) mass is 807 g/mol. The molecule has 3 aliphatic heterocycles. The van der Waals surface area contributed by atoms with Crippen molar-refractivity contribution < 1.29 is 58.2 Å². The van der Waals surface area contributed by atoms with Crippen molar-refractivity contribution in [2.24, 2.45) is 0 Å². The number of benzene rings is 2. The van der Waals surface area contributed by atoms with E-state index in [2.05, 4.69) is 15.2 Å². The predicted octanol–water partition coefficient (Wildman–Crippen LogP) is 3.89. The van der Waals surface area contributed by atoms with Crippen molar-refractivity contribution in [3.63, 3.8) is 0 Å². The zero-order valence-electron chi connectivity index (χ0n) is 30.8. The first kappa shape index (κ1) is 38.9. The summed E-state index contributed by atoms with van der Waals surface area (Å²) in [6, 6.07) is 9.77. The van der Waals surface area contributed by atoms with Gasteiger partial charge in [-0.3, -0.25) is 24.1 Å². The number of hydrogen-bond acceptors (Lipinski definition) is 16. The molecule has 3 saturated heterocycles. The van der Waals surface area contributed by atoms with Gasteiger partial charge in [-0.25, -0.2) is 4.98 Å². The van der Waals surface area contributed by atoms with Crippen LogP contribution in [0.4, 0.5) is 5.69 Å². The van der Waals surface area contributed by atoms with Crippen molar-refractivity contribution in [3.8, 4) is 11.5 Å². The second-order valence-electron chi connectivity index (χ2n) is 14.5. The summed E-state index contributed by atoms with van der Waals surface area (Å²) >= 11 is 0. The molecule has 0 spiro atoms. The SMILES string of the molecule is CO[C@H]1OCCN2[C@@H]1O[C@@H]1[C@H](C)O[C@@H](O[C@H]3C[C@](O)(C(C)=O)Cc4c(O)c5c(c(O)c43)C(=O)c3c(NC(=O)CCSSc4ccccn4)cccc3C5=O)C[C@@H]12. The lowest BCUT2D eigenvalue weighted by Crippen LogP contribution is -2.55. The number of hydrogen-bond donors (Lipinski definition) is 4. The fraction of sp³-hybridized carbons (Fsp3) is 0.462. The molecule has 5 aliphatic rings. The minimum atomic E-state index is -2.04. The van der Waals surface area contributed by atoms with E-state index in [4.69, 9.17) is 23.7 Å². The van der Waals surface area contributed by atoms with Crippen molar-refractivity contribution in [1.29, 1.82) is 0 Å². The minimum Gasteiger partial charge on any atom is -0.507 e. The molecule has 8 atom stereocenters. The number of aromatic nitrogens is 1. The van der Waals surface area contributed by atoms with Crippen molar-refractivity contribution in [1.82, 2.24) is 9.88 Å². The molecule has 2 aliphatic carbocycles. The molecular weight excluding hydrogens is 767 g/mol. The smallest absolute Gasteiger partial charge is 0.225 e. The summed E-state index contributed by atoms with van der Waals surface area (Å²) < 4.78 is 30.3. The number of carbonyl (C=O) groups excluding carboxylic acids is 4. The second kappa shape index (κ2) is 15.4. The fourth-order valence-corrected chi connectivity index (χ4v) is 10.3. The topological polar surface area (TPSA) is 203 Å². The van der Waals surface area contributed by atoms with Crippen LogP contribution in [0, 0.1) is 0 Å². The van der Waals surface area contributed by atoms with Crippen LogP contribution >= 0.6 is 21.6 Å². The first-order valence-electron chi connectivity index (χ1n) is 18.3. The molecule has 4 N–H and O–H groups in total. The first-order chi connectivity index (χ1) is 26.9. The Morgan fingerprint density at radius 2 is 1.88 bits per heavy atom. The van der Waals surface area contributed by atoms with Gasteiger partial charge in [-0.15, -0.1) is 0 Å². The van der Waals surface area contributed by atoms with E-state index in [1.165, 1.54) is 46.7 Å². The Kier molecular flexibility index (Phi) is 10.7. The molecule has 296 valence electrons. The number of phenolic OH excluding ortho intramolecular Hbond substituents is 2. The van der Waals surface area contributed by atoms with Crippen LogP contribution in [0.15, 0.2) is 47.6 Å². The second-order valence-corrected chi connectivity index (χ2v) is 16.9. The van der Waals surface area contributed by atoms with Crippen LogP contribution in [0.1, 0.15) is 82.2 Å². The number of phenols is 2. The zero-order valence-corrected chi connectivity index (χ0v) is 32.4. The number of carbonyl (C=O) groups is 4. The molecule has 1 amide bonds. The van der Waals surface area contributed by atoms with E-state index in [0.717, 1.165) is 5.03 Å². The minimum absolute atomic E-state index is 0.0366. The van der Waals surface area contributed by atoms with Crippen molar-refractivity contribution in [2.75, 3.05) is 31.3 Å². The Balaban J connectivity index is 1.09. The van der Waals surface area contributed by atoms with Crippen LogP contribution in [0.2, 0.25) is 0 Å². The molecule has 0 bridgehead atoms. The molecule has 15 nitrogen and oxygen atoms in total. The summed E-state index contributed by atoms with van der Waals surface area (Å²) in [5.41, 5.74) is -3.24. The fourth-order valence-electron chi connectivity index (χ4n) is 8.41. The number of morpholine rings is 1. The number of pyridine rings is 1. The zero-order chi connectivity index (χ0) is 39.5. The number of amides is 1. The normalized spacial score (nSPS) is 29.5. The number of aliphatic hydroxyl groups is 1. The van der Waals surface area contributed by atoms with Crippen LogP contribution in [-0.4, -0.2) is 117 Å². The van der Waals surface area contributed by atoms with Crippen LogP contribution in [0.25, 0.3) is 0 Å². The number of ketones is 3. The third-order valence-electron chi connectivity index (χ3n) is 11.1. The number of nitrogens with zero attached hydrogens (tertiary/aromatic N) is 2. The largest absolute Gasteiger partial charge is 0.507 e. The third kappa shape index (κ3) is 6.81. The number of nitrogens with one attached hydrogen (secondary N) is 1. The van der Waals surface area contributed by atoms with Gasteiger partial charge in [-0.05, 0) is 42.8 Å². The maximum atomic E-state index is 14.4. The quantitative estimate of drug-likeness (QED) is 0.102. The van der Waals surface area contributed by atoms with Crippen LogP contribution in [0.5, 0.6) is 11.5 Å². The molecule has 2 aromatic carbocycles. The van der Waals surface area contributed by atoms with E-state index >= 15 is 0 Å². The number of aromatic hydroxyl groups is 2. The third-order valence-corrected chi connectivity index (χ3v) is 13.4. The van der Waals surface area contributed by atoms with E-state index in [1.54, 1.807) is 13.3 Å². The Labute approximate surface area is 329 Å². The van der Waals surface area contributed by atoms with Gasteiger partial charge >= 0.3 is 0 Å². The van der Waals surface area contributed by atoms with Gasteiger partial charge in [-0.1, -0.05) is 29.0 Å². The molecule has 0 radical (unpaired) electrons. The molecule has 17 heteroatoms. The van der Waals surface area contributed by atoms with E-state index in [-0.39, 0.29) is 52.9 Å². The summed E-state index contributed by atoms with van der Waals surface area (Å²) in [5, 5.41) is 39.0. The summed E-state index contributed by atoms with van der Waals surface area (Å²) in [6.45, 7) is 4.05. The lowest BCUT2D eigenvalue weighted by Gasteiger charge is -2.43. The van der Waals surface area contributed by atoms with Crippen LogP contribution in [-0.2, 0) is 39.7 Å². The predicted molar refractivity (Wildman–Crippen MR) is 202 cm³/mol. The lowest BCUT2D eigenvalue weighted by atomic mass is 9.72. The van der Waals surface area contributed by atoms with Gasteiger partial charge in [0.2, 0.25) is 5.91 Å². The Bertz CT molecular complexity index is 2090. The molecule has 1 aromatic heterocycles. The van der Waals surface area contributed by atoms with Gasteiger partial charge < -0.3 is 44.3 Å². The first-order valence-corrected chi connectivity index (χ1v) is 20.7. The number of methoxy groups -OCH3 is 1. The molecule has 8 rings (SSSR count). The highest BCUT2D eigenvalue weighted by atomic mass is 33.1. The maximum absolute atomic E-state index is 14.4. The maximum Gasteiger partial charge on any atom is 0.225 e. The number of ether oxygens (including phenoxy) is 5. The van der Waals surface area contributed by atoms with Crippen molar-refractivity contribution in [2.45, 2.75) is 93.3 Å². The highest BCUT2D eigenvalue weighted by Crippen LogP contribution is 2.53. The van der Waals surface area contributed by atoms with E-state index < -0.39 is 88.9 Å². The number of rotatable bonds is 10. The molecule has 0 saturated carbocycles. The number of anilines is 1. The van der Waals surface area contributed by atoms with E-state index in [0.29, 0.717) is 25.3 Å². The van der Waals surface area contributed by atoms with Gasteiger partial charge in [0.05, 0.1) is 41.2 Å². The highest BCUT2D eigenvalue weighted by Gasteiger charge is 2.55. The average Bonchev–Trinajstić information content (AvgIpc) is 3.56. The standard InChI is InChI=1S/C39H41N3O12S2/c1-18-36-23(42-12-13-51-38(50-3)37(42)54-36)15-27(52-18)53-24-17-39(49,19(2)43)16-21-29(24)35(48)31-30(33(21)46)32(45)20-7-6-8-22(28(20)34(31)47)41-25(44)10-14-55-56-26-9-4-5-11-40-26/h4-9,11,18,23-24,27,36-38,46,48-49H,10,12-17H2,1-3H3,(H,41,44)/t18-,23-,24-,27-,36+,37+,38-,39-/m0/s1. The van der Waals surface area contributed by atoms with Gasteiger partial charge in [0.25, 0.3) is 0 Å². The van der Waals surface area contributed by atoms with Crippen molar-refractivity contribution >= 4 is 50.5 Å². The number of Topliss-reactive ketones (excluding diaryl/α,β-unsaturated/α-hetero) is 1. The summed E-state index contributed by atoms with van der Waals surface area (Å²) in [4.78, 5) is 60.9. The van der Waals surface area contributed by atoms with Gasteiger partial charge in [-0.2, -0.15) is 0 Å². The van der Waals surface area contributed by atoms with Gasteiger partial charge in [0.1, 0.15) is 28.2 Å². The van der Waals surface area contributed by atoms with E-state index in [1.807, 2.05) is 25.1 Å². The van der Waals surface area contributed by atoms with Gasteiger partial charge in [0.15, 0.2) is 36.2 Å². The lowest BCUT2D eigenvalue weighted by molar-refractivity contribution is -0.256. The molecule has 0 unspecified atom stereocenters. The molecule has 3 fully saturated rings. The molecule has 56 heavy (non-hydrogen) atoms. The molecule has 3 aromatic rings. The van der Waals surface area contributed by atoms with Crippen LogP contribution in [0.3, 0.4) is 0 Å². The average molecular weight is 808 g/mol. The Morgan fingerprint density at radius 3 is 2.62 bits per heavy atom. The number of fused-ring (bicyclic) bond motifs is 6. The summed E-state index contributed by atoms with van der Waals surface area (Å²) in [7, 11) is 4.41. The van der Waals surface area contributed by atoms with Crippen LogP contribution < -0.4 is 5.32 Å².